The zero-order valence-electron chi connectivity index (χ0n) is 18.3. The molecule has 4 nitrogen and oxygen atoms in total. The summed E-state index contributed by atoms with van der Waals surface area (Å²) in [7, 11) is 0. The molecule has 0 saturated carbocycles. The van der Waals surface area contributed by atoms with Crippen LogP contribution in [0.25, 0.3) is 21.5 Å². The van der Waals surface area contributed by atoms with Crippen molar-refractivity contribution >= 4 is 33.5 Å². The number of benzene rings is 2. The van der Waals surface area contributed by atoms with E-state index in [-0.39, 0.29) is 32.9 Å². The molecule has 0 aliphatic carbocycles. The van der Waals surface area contributed by atoms with Crippen molar-refractivity contribution in [2.24, 2.45) is 0 Å². The summed E-state index contributed by atoms with van der Waals surface area (Å²) >= 11 is 0. The quantitative estimate of drug-likeness (QED) is 0.212. The number of carbonyl (C=O) groups is 2. The average molecular weight is 462 g/mol. The van der Waals surface area contributed by atoms with Crippen molar-refractivity contribution in [3.05, 3.63) is 108 Å². The van der Waals surface area contributed by atoms with Gasteiger partial charge >= 0.3 is 33.7 Å². The monoisotopic (exact) mass is 462 g/mol. The summed E-state index contributed by atoms with van der Waals surface area (Å²) in [6, 6.07) is 26.3. The Labute approximate surface area is 203 Å². The van der Waals surface area contributed by atoms with Crippen LogP contribution in [0.15, 0.2) is 97.1 Å². The predicted octanol–water partition coefficient (Wildman–Crippen LogP) is 6.31. The second-order valence-corrected chi connectivity index (χ2v) is 7.33. The van der Waals surface area contributed by atoms with E-state index < -0.39 is 11.9 Å². The van der Waals surface area contributed by atoms with Gasteiger partial charge in [-0.25, -0.2) is 9.59 Å². The molecule has 0 aliphatic rings. The number of carboxylic acid groups (broad SMARTS) is 2. The van der Waals surface area contributed by atoms with E-state index in [1.807, 2.05) is 0 Å². The third-order valence-electron chi connectivity index (χ3n) is 4.49. The normalized spacial score (nSPS) is 9.56. The maximum absolute atomic E-state index is 9.60. The maximum atomic E-state index is 9.60. The summed E-state index contributed by atoms with van der Waals surface area (Å²) in [5.41, 5.74) is 3.15. The fraction of sp³-hybridized carbons (Fsp3) is 0.111. The predicted molar refractivity (Wildman–Crippen MR) is 127 cm³/mol. The van der Waals surface area contributed by atoms with Crippen molar-refractivity contribution in [1.82, 2.24) is 0 Å². The van der Waals surface area contributed by atoms with Gasteiger partial charge in [0.15, 0.2) is 0 Å². The van der Waals surface area contributed by atoms with Crippen LogP contribution in [0.2, 0.25) is 0 Å². The van der Waals surface area contributed by atoms with Gasteiger partial charge in [0, 0.05) is 11.1 Å². The van der Waals surface area contributed by atoms with Gasteiger partial charge in [-0.3, -0.25) is 0 Å². The Balaban J connectivity index is 0.000000332. The first-order chi connectivity index (χ1) is 14.7. The fourth-order valence-corrected chi connectivity index (χ4v) is 2.87. The molecule has 2 N–H and O–H groups in total. The molecule has 0 heterocycles. The smallest absolute Gasteiger partial charge is 0.478 e. The van der Waals surface area contributed by atoms with Crippen molar-refractivity contribution in [2.75, 3.05) is 0 Å². The summed E-state index contributed by atoms with van der Waals surface area (Å²) in [4.78, 5) is 19.2. The molecule has 0 aromatic heterocycles. The maximum Gasteiger partial charge on any atom is 2.00 e. The first-order valence-corrected chi connectivity index (χ1v) is 9.73. The molecule has 0 radical (unpaired) electrons. The van der Waals surface area contributed by atoms with Crippen LogP contribution >= 0.6 is 0 Å². The molecular weight excluding hydrogens is 436 g/mol. The Hall–Kier alpha value is -3.21. The Morgan fingerprint density at radius 2 is 1.06 bits per heavy atom. The van der Waals surface area contributed by atoms with Crippen LogP contribution < -0.4 is 0 Å². The molecule has 0 bridgehead atoms. The topological polar surface area (TPSA) is 74.6 Å². The summed E-state index contributed by atoms with van der Waals surface area (Å²) in [6.07, 6.45) is 1.02. The molecule has 0 amide bonds. The Morgan fingerprint density at radius 3 is 1.34 bits per heavy atom. The Bertz CT molecular complexity index is 1040. The van der Waals surface area contributed by atoms with E-state index in [9.17, 15) is 9.59 Å². The summed E-state index contributed by atoms with van der Waals surface area (Å²) in [6.45, 7) is 9.20. The average Bonchev–Trinajstić information content (AvgIpc) is 3.31. The van der Waals surface area contributed by atoms with E-state index in [1.54, 1.807) is 0 Å². The van der Waals surface area contributed by atoms with Crippen molar-refractivity contribution < 1.29 is 41.5 Å². The number of fused-ring (bicyclic) bond motifs is 2. The molecule has 162 valence electrons. The largest absolute Gasteiger partial charge is 2.00 e. The molecule has 5 heteroatoms. The zero-order chi connectivity index (χ0) is 23.0. The van der Waals surface area contributed by atoms with E-state index in [4.69, 9.17) is 10.2 Å². The van der Waals surface area contributed by atoms with Gasteiger partial charge < -0.3 is 10.2 Å². The zero-order valence-corrected chi connectivity index (χ0v) is 19.8. The van der Waals surface area contributed by atoms with E-state index >= 15 is 0 Å². The van der Waals surface area contributed by atoms with Crippen LogP contribution in [-0.2, 0) is 37.7 Å². The van der Waals surface area contributed by atoms with Crippen molar-refractivity contribution in [3.63, 3.8) is 0 Å². The van der Waals surface area contributed by atoms with E-state index in [0.717, 1.165) is 6.42 Å². The van der Waals surface area contributed by atoms with Crippen LogP contribution in [0.3, 0.4) is 0 Å². The first kappa shape index (κ1) is 26.8. The van der Waals surface area contributed by atoms with Crippen LogP contribution in [0.5, 0.6) is 0 Å². The molecule has 0 atom stereocenters. The molecule has 0 fully saturated rings. The number of rotatable bonds is 4. The van der Waals surface area contributed by atoms with Gasteiger partial charge in [0.2, 0.25) is 0 Å². The number of carboxylic acids is 2. The summed E-state index contributed by atoms with van der Waals surface area (Å²) < 4.78 is 0. The molecule has 0 spiro atoms. The Morgan fingerprint density at radius 1 is 0.750 bits per heavy atom. The Kier molecular flexibility index (Phi) is 10.6. The third kappa shape index (κ3) is 8.14. The molecule has 4 aromatic carbocycles. The third-order valence-corrected chi connectivity index (χ3v) is 4.49. The second-order valence-electron chi connectivity index (χ2n) is 7.33. The number of hydrogen-bond acceptors (Lipinski definition) is 2. The minimum atomic E-state index is -0.935. The van der Waals surface area contributed by atoms with Gasteiger partial charge in [-0.15, -0.1) is 81.2 Å². The van der Waals surface area contributed by atoms with Crippen molar-refractivity contribution in [2.45, 2.75) is 20.3 Å². The van der Waals surface area contributed by atoms with E-state index in [1.165, 1.54) is 46.5 Å². The van der Waals surface area contributed by atoms with Crippen LogP contribution in [0.1, 0.15) is 25.0 Å². The molecule has 0 aliphatic heterocycles. The van der Waals surface area contributed by atoms with Crippen molar-refractivity contribution in [3.8, 4) is 0 Å². The van der Waals surface area contributed by atoms with E-state index in [0.29, 0.717) is 0 Å². The minimum Gasteiger partial charge on any atom is -0.478 e. The van der Waals surface area contributed by atoms with E-state index in [2.05, 4.69) is 86.0 Å². The second kappa shape index (κ2) is 12.6. The minimum absolute atomic E-state index is 0. The van der Waals surface area contributed by atoms with Gasteiger partial charge in [0.05, 0.1) is 0 Å². The van der Waals surface area contributed by atoms with Crippen molar-refractivity contribution in [1.29, 1.82) is 0 Å². The van der Waals surface area contributed by atoms with Gasteiger partial charge in [0.1, 0.15) is 0 Å². The molecule has 4 rings (SSSR count). The standard InChI is InChI=1S/C19H14.2C4H6O2.Ti/c1-2-6-17-11-14(10-16(17)5-1)9-15-12-18-7-3-4-8-19(18)13-15;2*1-3(2)4(5)6;/h1-8,10-13H,9H2;2*1H2,2H3,(H,5,6);/q-2;;;+2. The first-order valence-electron chi connectivity index (χ1n) is 9.73. The molecule has 0 saturated heterocycles. The van der Waals surface area contributed by atoms with Crippen LogP contribution in [0.4, 0.5) is 0 Å². The van der Waals surface area contributed by atoms with Gasteiger partial charge in [0.25, 0.3) is 0 Å². The number of aliphatic carboxylic acids is 2. The van der Waals surface area contributed by atoms with Gasteiger partial charge in [-0.05, 0) is 20.3 Å². The number of hydrogen-bond donors (Lipinski definition) is 2. The summed E-state index contributed by atoms with van der Waals surface area (Å²) in [5.74, 6) is -1.87. The van der Waals surface area contributed by atoms with Crippen LogP contribution in [-0.4, -0.2) is 22.2 Å². The molecular formula is C27H26O4Ti. The summed E-state index contributed by atoms with van der Waals surface area (Å²) in [5, 5.41) is 21.1. The molecule has 32 heavy (non-hydrogen) atoms. The van der Waals surface area contributed by atoms with Gasteiger partial charge in [-0.2, -0.15) is 12.1 Å². The van der Waals surface area contributed by atoms with Gasteiger partial charge in [-0.1, -0.05) is 25.3 Å². The molecule has 4 aromatic rings. The fourth-order valence-electron chi connectivity index (χ4n) is 2.87. The SMILES string of the molecule is C=C(C)C(=O)O.C=C(C)C(=O)O.[Ti+2].c1ccc2[cH-]c(Cc3cc4ccccc4[cH-]3)cc2c1. The van der Waals surface area contributed by atoms with Crippen LogP contribution in [0, 0.1) is 0 Å². The molecule has 0 unspecified atom stereocenters.